The van der Waals surface area contributed by atoms with Crippen LogP contribution in [0.4, 0.5) is 4.79 Å². The summed E-state index contributed by atoms with van der Waals surface area (Å²) in [4.78, 5) is 17.8. The van der Waals surface area contributed by atoms with Crippen molar-refractivity contribution in [3.63, 3.8) is 0 Å². The van der Waals surface area contributed by atoms with Crippen LogP contribution < -0.4 is 0 Å². The summed E-state index contributed by atoms with van der Waals surface area (Å²) in [6.07, 6.45) is 8.60. The number of aryl methyl sites for hydroxylation is 2. The van der Waals surface area contributed by atoms with E-state index in [4.69, 9.17) is 9.26 Å². The summed E-state index contributed by atoms with van der Waals surface area (Å²) < 4.78 is 10.6. The smallest absolute Gasteiger partial charge is 0.409 e. The minimum atomic E-state index is -0.398. The Kier molecular flexibility index (Phi) is 9.15. The van der Waals surface area contributed by atoms with Gasteiger partial charge in [0, 0.05) is 12.6 Å². The van der Waals surface area contributed by atoms with Gasteiger partial charge in [-0.3, -0.25) is 0 Å². The number of hydrogen-bond acceptors (Lipinski definition) is 6. The number of aromatic hydroxyl groups is 1. The first-order chi connectivity index (χ1) is 14.3. The Balaban J connectivity index is 0.000000456. The lowest BCUT2D eigenvalue weighted by Crippen LogP contribution is -2.28. The van der Waals surface area contributed by atoms with E-state index in [2.05, 4.69) is 10.1 Å². The van der Waals surface area contributed by atoms with Crippen molar-refractivity contribution in [3.05, 3.63) is 29.1 Å². The molecule has 1 aliphatic carbocycles. The van der Waals surface area contributed by atoms with Crippen molar-refractivity contribution in [1.82, 2.24) is 15.0 Å². The van der Waals surface area contributed by atoms with Crippen LogP contribution in [0.1, 0.15) is 69.3 Å². The van der Waals surface area contributed by atoms with E-state index in [0.29, 0.717) is 36.0 Å². The molecule has 7 nitrogen and oxygen atoms in total. The molecule has 2 aromatic rings. The van der Waals surface area contributed by atoms with Crippen LogP contribution in [0.3, 0.4) is 0 Å². The second-order valence-electron chi connectivity index (χ2n) is 8.32. The Morgan fingerprint density at radius 3 is 2.27 bits per heavy atom. The van der Waals surface area contributed by atoms with Crippen LogP contribution in [0.15, 0.2) is 16.7 Å². The van der Waals surface area contributed by atoms with Gasteiger partial charge in [0.25, 0.3) is 0 Å². The van der Waals surface area contributed by atoms with Crippen LogP contribution in [0.5, 0.6) is 5.75 Å². The van der Waals surface area contributed by atoms with Crippen molar-refractivity contribution >= 4 is 6.09 Å². The normalized spacial score (nSPS) is 13.5. The molecule has 0 spiro atoms. The molecule has 1 N–H and O–H groups in total. The third kappa shape index (κ3) is 7.04. The maximum atomic E-state index is 12.0. The van der Waals surface area contributed by atoms with Crippen molar-refractivity contribution in [2.75, 3.05) is 13.7 Å². The number of hydrogen-bond donors (Lipinski definition) is 1. The van der Waals surface area contributed by atoms with E-state index < -0.39 is 6.09 Å². The summed E-state index contributed by atoms with van der Waals surface area (Å²) in [5.74, 6) is 0.879. The van der Waals surface area contributed by atoms with Gasteiger partial charge in [0.1, 0.15) is 11.4 Å². The zero-order valence-electron chi connectivity index (χ0n) is 18.9. The van der Waals surface area contributed by atoms with Gasteiger partial charge in [-0.15, -0.1) is 0 Å². The highest BCUT2D eigenvalue weighted by Crippen LogP contribution is 2.28. The summed E-state index contributed by atoms with van der Waals surface area (Å²) in [7, 11) is 1.66. The van der Waals surface area contributed by atoms with E-state index in [-0.39, 0.29) is 11.7 Å². The van der Waals surface area contributed by atoms with Gasteiger partial charge in [-0.1, -0.05) is 57.5 Å². The summed E-state index contributed by atoms with van der Waals surface area (Å²) in [6.45, 7) is 8.14. The lowest BCUT2D eigenvalue weighted by molar-refractivity contribution is 0.0980. The Labute approximate surface area is 179 Å². The number of rotatable bonds is 5. The number of carbonyl (C=O) groups excluding carboxylic acids is 1. The maximum Gasteiger partial charge on any atom is 0.409 e. The summed E-state index contributed by atoms with van der Waals surface area (Å²) in [5, 5.41) is 13.6. The van der Waals surface area contributed by atoms with Gasteiger partial charge >= 0.3 is 6.09 Å². The van der Waals surface area contributed by atoms with E-state index in [1.807, 2.05) is 20.8 Å². The van der Waals surface area contributed by atoms with E-state index in [1.165, 1.54) is 43.4 Å². The highest BCUT2D eigenvalue weighted by atomic mass is 16.6. The number of carbonyl (C=O) groups is 1. The minimum absolute atomic E-state index is 0.117. The molecule has 1 aliphatic rings. The Bertz CT molecular complexity index is 801. The van der Waals surface area contributed by atoms with Gasteiger partial charge in [0.15, 0.2) is 5.76 Å². The quantitative estimate of drug-likeness (QED) is 0.679. The minimum Gasteiger partial charge on any atom is -0.506 e. The molecular formula is C23H35N3O4. The standard InChI is InChI=1S/C17H23N3O4.C6H12/c1-10(2)9-23-17(22)20(5)8-13-11(3)19-24-16(13)14-6-7-15(21)12(4)18-14;1-2-4-6-5-3-1/h6-7,10,21H,8-9H2,1-5H3;1-6H2. The predicted molar refractivity (Wildman–Crippen MR) is 116 cm³/mol. The highest BCUT2D eigenvalue weighted by molar-refractivity contribution is 5.68. The van der Waals surface area contributed by atoms with E-state index in [0.717, 1.165) is 5.56 Å². The lowest BCUT2D eigenvalue weighted by atomic mass is 10.0. The number of ether oxygens (including phenoxy) is 1. The van der Waals surface area contributed by atoms with E-state index in [1.54, 1.807) is 26.1 Å². The van der Waals surface area contributed by atoms with E-state index >= 15 is 0 Å². The molecule has 1 saturated carbocycles. The first-order valence-electron chi connectivity index (χ1n) is 10.8. The average Bonchev–Trinajstić information content (AvgIpc) is 3.10. The van der Waals surface area contributed by atoms with Gasteiger partial charge in [-0.05, 0) is 31.9 Å². The van der Waals surface area contributed by atoms with E-state index in [9.17, 15) is 9.90 Å². The molecule has 3 rings (SSSR count). The number of aromatic nitrogens is 2. The monoisotopic (exact) mass is 417 g/mol. The molecule has 166 valence electrons. The third-order valence-electron chi connectivity index (χ3n) is 5.02. The molecule has 0 saturated heterocycles. The van der Waals surface area contributed by atoms with Crippen LogP contribution in [0, 0.1) is 19.8 Å². The van der Waals surface area contributed by atoms with Gasteiger partial charge in [-0.25, -0.2) is 9.78 Å². The van der Waals surface area contributed by atoms with Crippen LogP contribution in [-0.2, 0) is 11.3 Å². The summed E-state index contributed by atoms with van der Waals surface area (Å²) in [5.41, 5.74) is 2.50. The molecule has 1 amide bonds. The average molecular weight is 418 g/mol. The molecule has 30 heavy (non-hydrogen) atoms. The lowest BCUT2D eigenvalue weighted by Gasteiger charge is -2.18. The summed E-state index contributed by atoms with van der Waals surface area (Å²) in [6, 6.07) is 3.21. The van der Waals surface area contributed by atoms with Crippen LogP contribution in [-0.4, -0.2) is 39.9 Å². The number of pyridine rings is 1. The van der Waals surface area contributed by atoms with Crippen molar-refractivity contribution in [2.24, 2.45) is 5.92 Å². The molecule has 0 aromatic carbocycles. The zero-order valence-corrected chi connectivity index (χ0v) is 18.9. The van der Waals surface area contributed by atoms with Gasteiger partial charge < -0.3 is 19.3 Å². The number of amides is 1. The van der Waals surface area contributed by atoms with Gasteiger partial charge in [0.05, 0.1) is 24.5 Å². The molecule has 0 aliphatic heterocycles. The molecule has 0 radical (unpaired) electrons. The molecule has 7 heteroatoms. The second kappa shape index (κ2) is 11.6. The van der Waals surface area contributed by atoms with Gasteiger partial charge in [0.2, 0.25) is 0 Å². The van der Waals surface area contributed by atoms with Crippen molar-refractivity contribution in [3.8, 4) is 17.2 Å². The topological polar surface area (TPSA) is 88.7 Å². The Morgan fingerprint density at radius 1 is 1.13 bits per heavy atom. The van der Waals surface area contributed by atoms with Gasteiger partial charge in [-0.2, -0.15) is 0 Å². The molecule has 2 heterocycles. The molecule has 0 atom stereocenters. The Hall–Kier alpha value is -2.57. The first-order valence-corrected chi connectivity index (χ1v) is 10.8. The van der Waals surface area contributed by atoms with Crippen molar-refractivity contribution in [2.45, 2.75) is 72.8 Å². The predicted octanol–water partition coefficient (Wildman–Crippen LogP) is 5.62. The zero-order chi connectivity index (χ0) is 22.1. The molecule has 1 fully saturated rings. The fourth-order valence-electron chi connectivity index (χ4n) is 3.17. The van der Waals surface area contributed by atoms with Crippen LogP contribution in [0.2, 0.25) is 0 Å². The first kappa shape index (κ1) is 23.7. The van der Waals surface area contributed by atoms with Crippen molar-refractivity contribution < 1.29 is 19.2 Å². The fourth-order valence-corrected chi connectivity index (χ4v) is 3.17. The largest absolute Gasteiger partial charge is 0.506 e. The van der Waals surface area contributed by atoms with Crippen molar-refractivity contribution in [1.29, 1.82) is 0 Å². The molecular weight excluding hydrogens is 382 g/mol. The molecule has 0 unspecified atom stereocenters. The SMILES string of the molecule is C1CCCCC1.Cc1nc(-c2onc(C)c2CN(C)C(=O)OCC(C)C)ccc1O. The second-order valence-corrected chi connectivity index (χ2v) is 8.32. The maximum absolute atomic E-state index is 12.0. The number of nitrogens with zero attached hydrogens (tertiary/aromatic N) is 3. The van der Waals surface area contributed by atoms with Crippen LogP contribution >= 0.6 is 0 Å². The fraction of sp³-hybridized carbons (Fsp3) is 0.609. The Morgan fingerprint density at radius 2 is 1.73 bits per heavy atom. The highest BCUT2D eigenvalue weighted by Gasteiger charge is 2.21. The third-order valence-corrected chi connectivity index (χ3v) is 5.02. The summed E-state index contributed by atoms with van der Waals surface area (Å²) >= 11 is 0. The van der Waals surface area contributed by atoms with Crippen LogP contribution in [0.25, 0.3) is 11.5 Å². The molecule has 0 bridgehead atoms. The molecule has 2 aromatic heterocycles.